The van der Waals surface area contributed by atoms with E-state index < -0.39 is 11.9 Å². The van der Waals surface area contributed by atoms with Gasteiger partial charge in [-0.3, -0.25) is 9.59 Å². The summed E-state index contributed by atoms with van der Waals surface area (Å²) in [6.07, 6.45) is 19.2. The minimum Gasteiger partial charge on any atom is -0.465 e. The van der Waals surface area contributed by atoms with Crippen molar-refractivity contribution in [3.05, 3.63) is 0 Å². The summed E-state index contributed by atoms with van der Waals surface area (Å²) >= 11 is 0. The second-order valence-corrected chi connectivity index (χ2v) is 9.79. The Hall–Kier alpha value is -1.06. The SMILES string of the molecule is CCCCCCCCCCCCCCCCCOC(=O)CC(=O)OC(C(C)C)C(C)C. The van der Waals surface area contributed by atoms with Crippen LogP contribution in [0.2, 0.25) is 0 Å². The number of carbonyl (C=O) groups is 2. The molecule has 0 aliphatic heterocycles. The van der Waals surface area contributed by atoms with E-state index in [1.54, 1.807) is 0 Å². The van der Waals surface area contributed by atoms with Crippen LogP contribution < -0.4 is 0 Å². The van der Waals surface area contributed by atoms with E-state index in [1.165, 1.54) is 83.5 Å². The number of unbranched alkanes of at least 4 members (excludes halogenated alkanes) is 14. The Morgan fingerprint density at radius 1 is 0.581 bits per heavy atom. The highest BCUT2D eigenvalue weighted by Crippen LogP contribution is 2.17. The van der Waals surface area contributed by atoms with Crippen molar-refractivity contribution in [2.24, 2.45) is 11.8 Å². The first-order valence-corrected chi connectivity index (χ1v) is 13.2. The van der Waals surface area contributed by atoms with Crippen LogP contribution in [0.5, 0.6) is 0 Å². The van der Waals surface area contributed by atoms with E-state index in [2.05, 4.69) is 6.92 Å². The average molecular weight is 441 g/mol. The smallest absolute Gasteiger partial charge is 0.317 e. The summed E-state index contributed by atoms with van der Waals surface area (Å²) in [6.45, 7) is 10.8. The van der Waals surface area contributed by atoms with Gasteiger partial charge >= 0.3 is 11.9 Å². The van der Waals surface area contributed by atoms with Gasteiger partial charge in [-0.1, -0.05) is 125 Å². The third kappa shape index (κ3) is 19.4. The van der Waals surface area contributed by atoms with E-state index in [0.717, 1.165) is 12.8 Å². The molecule has 0 bridgehead atoms. The van der Waals surface area contributed by atoms with Gasteiger partial charge in [-0.05, 0) is 18.3 Å². The first-order chi connectivity index (χ1) is 14.9. The van der Waals surface area contributed by atoms with E-state index in [-0.39, 0.29) is 24.4 Å². The van der Waals surface area contributed by atoms with Crippen molar-refractivity contribution >= 4 is 11.9 Å². The van der Waals surface area contributed by atoms with Crippen LogP contribution in [-0.4, -0.2) is 24.6 Å². The molecule has 0 atom stereocenters. The van der Waals surface area contributed by atoms with Crippen molar-refractivity contribution in [2.45, 2.75) is 143 Å². The van der Waals surface area contributed by atoms with E-state index in [0.29, 0.717) is 6.61 Å². The van der Waals surface area contributed by atoms with Crippen LogP contribution in [0, 0.1) is 11.8 Å². The summed E-state index contributed by atoms with van der Waals surface area (Å²) < 4.78 is 10.6. The van der Waals surface area contributed by atoms with Gasteiger partial charge in [-0.2, -0.15) is 0 Å². The van der Waals surface area contributed by atoms with Gasteiger partial charge in [0.1, 0.15) is 12.5 Å². The first kappa shape index (κ1) is 29.9. The van der Waals surface area contributed by atoms with Gasteiger partial charge in [-0.15, -0.1) is 0 Å². The molecule has 0 aromatic rings. The Kier molecular flexibility index (Phi) is 20.1. The fourth-order valence-corrected chi connectivity index (χ4v) is 4.06. The van der Waals surface area contributed by atoms with Gasteiger partial charge in [0.15, 0.2) is 0 Å². The van der Waals surface area contributed by atoms with Gasteiger partial charge in [0.25, 0.3) is 0 Å². The predicted octanol–water partition coefficient (Wildman–Crippen LogP) is 8.01. The lowest BCUT2D eigenvalue weighted by atomic mass is 9.96. The number of hydrogen-bond donors (Lipinski definition) is 0. The van der Waals surface area contributed by atoms with Crippen LogP contribution in [-0.2, 0) is 19.1 Å². The van der Waals surface area contributed by atoms with E-state index in [9.17, 15) is 9.59 Å². The molecule has 0 amide bonds. The number of rotatable bonds is 21. The standard InChI is InChI=1S/C27H52O4/c1-6-7-8-9-10-11-12-13-14-15-16-17-18-19-20-21-30-25(28)22-26(29)31-27(23(2)3)24(4)5/h23-24,27H,6-22H2,1-5H3. The Morgan fingerprint density at radius 3 is 1.35 bits per heavy atom. The largest absolute Gasteiger partial charge is 0.465 e. The molecule has 4 nitrogen and oxygen atoms in total. The van der Waals surface area contributed by atoms with Crippen LogP contribution in [0.15, 0.2) is 0 Å². The summed E-state index contributed by atoms with van der Waals surface area (Å²) in [6, 6.07) is 0. The van der Waals surface area contributed by atoms with E-state index in [1.807, 2.05) is 27.7 Å². The van der Waals surface area contributed by atoms with Crippen molar-refractivity contribution in [3.63, 3.8) is 0 Å². The highest BCUT2D eigenvalue weighted by Gasteiger charge is 2.23. The van der Waals surface area contributed by atoms with Gasteiger partial charge < -0.3 is 9.47 Å². The monoisotopic (exact) mass is 440 g/mol. The highest BCUT2D eigenvalue weighted by atomic mass is 16.6. The van der Waals surface area contributed by atoms with Gasteiger partial charge in [0, 0.05) is 0 Å². The van der Waals surface area contributed by atoms with Crippen LogP contribution >= 0.6 is 0 Å². The van der Waals surface area contributed by atoms with Crippen LogP contribution in [0.4, 0.5) is 0 Å². The topological polar surface area (TPSA) is 52.6 Å². The molecule has 184 valence electrons. The van der Waals surface area contributed by atoms with Crippen molar-refractivity contribution < 1.29 is 19.1 Å². The van der Waals surface area contributed by atoms with Crippen molar-refractivity contribution in [3.8, 4) is 0 Å². The molecule has 0 fully saturated rings. The quantitative estimate of drug-likeness (QED) is 0.103. The van der Waals surface area contributed by atoms with Crippen LogP contribution in [0.3, 0.4) is 0 Å². The summed E-state index contributed by atoms with van der Waals surface area (Å²) in [5.74, 6) is -0.476. The maximum atomic E-state index is 11.9. The number of esters is 2. The number of hydrogen-bond acceptors (Lipinski definition) is 4. The molecule has 0 unspecified atom stereocenters. The highest BCUT2D eigenvalue weighted by molar-refractivity contribution is 5.91. The lowest BCUT2D eigenvalue weighted by molar-refractivity contribution is -0.161. The second-order valence-electron chi connectivity index (χ2n) is 9.79. The zero-order valence-electron chi connectivity index (χ0n) is 21.4. The van der Waals surface area contributed by atoms with Crippen LogP contribution in [0.25, 0.3) is 0 Å². The molecule has 0 heterocycles. The normalized spacial score (nSPS) is 11.5. The Morgan fingerprint density at radius 2 is 0.968 bits per heavy atom. The fourth-order valence-electron chi connectivity index (χ4n) is 4.06. The zero-order chi connectivity index (χ0) is 23.3. The van der Waals surface area contributed by atoms with Gasteiger partial charge in [0.05, 0.1) is 6.61 Å². The summed E-state index contributed by atoms with van der Waals surface area (Å²) in [5.41, 5.74) is 0. The first-order valence-electron chi connectivity index (χ1n) is 13.2. The molecular weight excluding hydrogens is 388 g/mol. The predicted molar refractivity (Wildman–Crippen MR) is 130 cm³/mol. The molecular formula is C27H52O4. The molecule has 31 heavy (non-hydrogen) atoms. The van der Waals surface area contributed by atoms with Crippen molar-refractivity contribution in [2.75, 3.05) is 6.61 Å². The molecule has 0 aromatic carbocycles. The Bertz CT molecular complexity index is 423. The average Bonchev–Trinajstić information content (AvgIpc) is 2.71. The van der Waals surface area contributed by atoms with E-state index in [4.69, 9.17) is 9.47 Å². The lowest BCUT2D eigenvalue weighted by Gasteiger charge is -2.24. The lowest BCUT2D eigenvalue weighted by Crippen LogP contribution is -2.29. The third-order valence-electron chi connectivity index (χ3n) is 5.88. The molecule has 0 radical (unpaired) electrons. The number of carbonyl (C=O) groups excluding carboxylic acids is 2. The van der Waals surface area contributed by atoms with Gasteiger partial charge in [-0.25, -0.2) is 0 Å². The molecule has 0 saturated carbocycles. The van der Waals surface area contributed by atoms with Gasteiger partial charge in [0.2, 0.25) is 0 Å². The summed E-state index contributed by atoms with van der Waals surface area (Å²) in [4.78, 5) is 23.7. The zero-order valence-corrected chi connectivity index (χ0v) is 21.4. The summed E-state index contributed by atoms with van der Waals surface area (Å²) in [5, 5.41) is 0. The number of ether oxygens (including phenoxy) is 2. The molecule has 4 heteroatoms. The maximum absolute atomic E-state index is 11.9. The molecule has 0 aromatic heterocycles. The minimum atomic E-state index is -0.478. The third-order valence-corrected chi connectivity index (χ3v) is 5.88. The molecule has 0 aliphatic carbocycles. The summed E-state index contributed by atoms with van der Waals surface area (Å²) in [7, 11) is 0. The molecule has 0 spiro atoms. The molecule has 0 saturated heterocycles. The van der Waals surface area contributed by atoms with E-state index >= 15 is 0 Å². The minimum absolute atomic E-state index is 0.157. The Balaban J connectivity index is 3.45. The molecule has 0 N–H and O–H groups in total. The second kappa shape index (κ2) is 20.8. The maximum Gasteiger partial charge on any atom is 0.317 e. The van der Waals surface area contributed by atoms with Crippen molar-refractivity contribution in [1.29, 1.82) is 0 Å². The Labute approximate surface area is 193 Å². The van der Waals surface area contributed by atoms with Crippen LogP contribution in [0.1, 0.15) is 137 Å². The molecule has 0 aliphatic rings. The molecule has 0 rings (SSSR count). The van der Waals surface area contributed by atoms with Crippen molar-refractivity contribution in [1.82, 2.24) is 0 Å². The fraction of sp³-hybridized carbons (Fsp3) is 0.926.